The second-order valence-electron chi connectivity index (χ2n) is 9.46. The third kappa shape index (κ3) is 7.79. The molecule has 8 heteroatoms. The van der Waals surface area contributed by atoms with Crippen molar-refractivity contribution >= 4 is 17.9 Å². The van der Waals surface area contributed by atoms with E-state index in [1.165, 1.54) is 18.0 Å². The molecule has 0 spiro atoms. The molecule has 0 aliphatic carbocycles. The number of rotatable bonds is 8. The fraction of sp³-hybridized carbons (Fsp3) is 0.423. The van der Waals surface area contributed by atoms with E-state index in [0.717, 1.165) is 5.56 Å². The largest absolute Gasteiger partial charge is 0.508 e. The Morgan fingerprint density at radius 1 is 0.971 bits per heavy atom. The van der Waals surface area contributed by atoms with Crippen LogP contribution in [0.1, 0.15) is 51.8 Å². The average Bonchev–Trinajstić information content (AvgIpc) is 2.73. The van der Waals surface area contributed by atoms with Gasteiger partial charge in [0.15, 0.2) is 0 Å². The van der Waals surface area contributed by atoms with Gasteiger partial charge in [-0.15, -0.1) is 0 Å². The fourth-order valence-corrected chi connectivity index (χ4v) is 3.48. The Balaban J connectivity index is 2.40. The lowest BCUT2D eigenvalue weighted by atomic mass is 10.00. The Kier molecular flexibility index (Phi) is 9.06. The highest BCUT2D eigenvalue weighted by Crippen LogP contribution is 2.29. The van der Waals surface area contributed by atoms with Gasteiger partial charge in [0.1, 0.15) is 23.4 Å². The molecule has 0 radical (unpaired) electrons. The van der Waals surface area contributed by atoms with Crippen molar-refractivity contribution in [2.75, 3.05) is 7.05 Å². The summed E-state index contributed by atoms with van der Waals surface area (Å²) >= 11 is 0. The molecular weight excluding hydrogens is 434 g/mol. The zero-order valence-corrected chi connectivity index (χ0v) is 20.7. The normalized spacial score (nSPS) is 13.0. The van der Waals surface area contributed by atoms with Crippen LogP contribution in [-0.2, 0) is 20.7 Å². The maximum Gasteiger partial charge on any atom is 0.408 e. The lowest BCUT2D eigenvalue weighted by molar-refractivity contribution is -0.141. The zero-order valence-electron chi connectivity index (χ0n) is 20.7. The van der Waals surface area contributed by atoms with Crippen LogP contribution in [0, 0.1) is 0 Å². The first-order chi connectivity index (χ1) is 15.9. The van der Waals surface area contributed by atoms with E-state index in [9.17, 15) is 19.5 Å². The van der Waals surface area contributed by atoms with Crippen molar-refractivity contribution in [3.8, 4) is 5.75 Å². The molecule has 2 rings (SSSR count). The van der Waals surface area contributed by atoms with Crippen LogP contribution in [-0.4, -0.2) is 52.6 Å². The van der Waals surface area contributed by atoms with Crippen LogP contribution in [0.3, 0.4) is 0 Å². The van der Waals surface area contributed by atoms with Crippen molar-refractivity contribution in [2.24, 2.45) is 0 Å². The van der Waals surface area contributed by atoms with Crippen LogP contribution in [0.25, 0.3) is 0 Å². The standard InChI is InChI=1S/C26H35N3O5/c1-17(2)27-23(31)22(19-14-10-11-15-21(19)30)29(6)24(32)20(16-18-12-8-7-9-13-18)28-25(33)34-26(3,4)5/h7-15,17,20,22,30H,16H2,1-6H3,(H,27,31)(H,28,33). The predicted molar refractivity (Wildman–Crippen MR) is 130 cm³/mol. The van der Waals surface area contributed by atoms with Gasteiger partial charge >= 0.3 is 6.09 Å². The summed E-state index contributed by atoms with van der Waals surface area (Å²) in [5.74, 6) is -1.05. The minimum Gasteiger partial charge on any atom is -0.508 e. The van der Waals surface area contributed by atoms with Gasteiger partial charge in [0.25, 0.3) is 0 Å². The zero-order chi connectivity index (χ0) is 25.5. The summed E-state index contributed by atoms with van der Waals surface area (Å²) < 4.78 is 5.36. The summed E-state index contributed by atoms with van der Waals surface area (Å²) in [6.07, 6.45) is -0.538. The number of aromatic hydroxyl groups is 1. The number of hydrogen-bond donors (Lipinski definition) is 3. The van der Waals surface area contributed by atoms with Crippen LogP contribution in [0.5, 0.6) is 5.75 Å². The van der Waals surface area contributed by atoms with Crippen molar-refractivity contribution in [1.82, 2.24) is 15.5 Å². The Morgan fingerprint density at radius 2 is 1.56 bits per heavy atom. The number of nitrogens with zero attached hydrogens (tertiary/aromatic N) is 1. The number of carbonyl (C=O) groups is 3. The van der Waals surface area contributed by atoms with E-state index in [4.69, 9.17) is 4.74 Å². The van der Waals surface area contributed by atoms with E-state index < -0.39 is 35.6 Å². The van der Waals surface area contributed by atoms with E-state index in [-0.39, 0.29) is 23.8 Å². The van der Waals surface area contributed by atoms with Gasteiger partial charge in [-0.05, 0) is 46.2 Å². The summed E-state index contributed by atoms with van der Waals surface area (Å²) in [6, 6.07) is 13.3. The molecule has 0 aromatic heterocycles. The molecule has 3 N–H and O–H groups in total. The average molecular weight is 470 g/mol. The van der Waals surface area contributed by atoms with E-state index >= 15 is 0 Å². The molecule has 2 aromatic rings. The number of nitrogens with one attached hydrogen (secondary N) is 2. The van der Waals surface area contributed by atoms with Crippen molar-refractivity contribution in [2.45, 2.75) is 64.8 Å². The van der Waals surface area contributed by atoms with Gasteiger partial charge in [-0.2, -0.15) is 0 Å². The van der Waals surface area contributed by atoms with Crippen molar-refractivity contribution < 1.29 is 24.2 Å². The number of benzene rings is 2. The smallest absolute Gasteiger partial charge is 0.408 e. The van der Waals surface area contributed by atoms with Gasteiger partial charge in [0.2, 0.25) is 11.8 Å². The molecule has 0 heterocycles. The number of phenols is 1. The number of para-hydroxylation sites is 1. The fourth-order valence-electron chi connectivity index (χ4n) is 3.48. The molecular formula is C26H35N3O5. The van der Waals surface area contributed by atoms with Gasteiger partial charge in [-0.3, -0.25) is 9.59 Å². The minimum atomic E-state index is -1.10. The summed E-state index contributed by atoms with van der Waals surface area (Å²) in [5, 5.41) is 15.9. The molecule has 8 nitrogen and oxygen atoms in total. The number of ether oxygens (including phenoxy) is 1. The minimum absolute atomic E-state index is 0.106. The Bertz CT molecular complexity index is 985. The van der Waals surface area contributed by atoms with E-state index in [0.29, 0.717) is 0 Å². The number of likely N-dealkylation sites (N-methyl/N-ethyl adjacent to an activating group) is 1. The third-order valence-corrected chi connectivity index (χ3v) is 4.92. The Hall–Kier alpha value is -3.55. The van der Waals surface area contributed by atoms with Crippen LogP contribution in [0.2, 0.25) is 0 Å². The molecule has 0 aliphatic rings. The predicted octanol–water partition coefficient (Wildman–Crippen LogP) is 3.55. The number of phenolic OH excluding ortho intramolecular Hbond substituents is 1. The van der Waals surface area contributed by atoms with Crippen LogP contribution in [0.4, 0.5) is 4.79 Å². The number of carbonyl (C=O) groups excluding carboxylic acids is 3. The summed E-state index contributed by atoms with van der Waals surface area (Å²) in [4.78, 5) is 40.6. The van der Waals surface area contributed by atoms with Gasteiger partial charge in [-0.1, -0.05) is 48.5 Å². The maximum absolute atomic E-state index is 13.7. The molecule has 2 atom stereocenters. The van der Waals surface area contributed by atoms with Crippen LogP contribution in [0.15, 0.2) is 54.6 Å². The Labute approximate surface area is 201 Å². The lowest BCUT2D eigenvalue weighted by Crippen LogP contribution is -2.53. The topological polar surface area (TPSA) is 108 Å². The number of alkyl carbamates (subject to hydrolysis) is 1. The highest BCUT2D eigenvalue weighted by molar-refractivity contribution is 5.92. The highest BCUT2D eigenvalue weighted by Gasteiger charge is 2.35. The van der Waals surface area contributed by atoms with Gasteiger partial charge in [-0.25, -0.2) is 4.79 Å². The van der Waals surface area contributed by atoms with Gasteiger partial charge < -0.3 is 25.4 Å². The molecule has 0 aliphatic heterocycles. The summed E-state index contributed by atoms with van der Waals surface area (Å²) in [6.45, 7) is 8.82. The second-order valence-corrected chi connectivity index (χ2v) is 9.46. The van der Waals surface area contributed by atoms with Crippen LogP contribution < -0.4 is 10.6 Å². The van der Waals surface area contributed by atoms with E-state index in [1.54, 1.807) is 39.0 Å². The molecule has 2 aromatic carbocycles. The quantitative estimate of drug-likeness (QED) is 0.548. The molecule has 0 saturated carbocycles. The summed E-state index contributed by atoms with van der Waals surface area (Å²) in [7, 11) is 1.48. The molecule has 3 amide bonds. The number of amides is 3. The van der Waals surface area contributed by atoms with Crippen LogP contribution >= 0.6 is 0 Å². The van der Waals surface area contributed by atoms with Crippen molar-refractivity contribution in [1.29, 1.82) is 0 Å². The van der Waals surface area contributed by atoms with Gasteiger partial charge in [0, 0.05) is 25.1 Å². The SMILES string of the molecule is CC(C)NC(=O)C(c1ccccc1O)N(C)C(=O)C(Cc1ccccc1)NC(=O)OC(C)(C)C. The monoisotopic (exact) mass is 469 g/mol. The van der Waals surface area contributed by atoms with E-state index in [2.05, 4.69) is 10.6 Å². The number of hydrogen-bond acceptors (Lipinski definition) is 5. The molecule has 184 valence electrons. The molecule has 0 saturated heterocycles. The molecule has 34 heavy (non-hydrogen) atoms. The van der Waals surface area contributed by atoms with E-state index in [1.807, 2.05) is 44.2 Å². The molecule has 2 unspecified atom stereocenters. The second kappa shape index (κ2) is 11.5. The van der Waals surface area contributed by atoms with Crippen molar-refractivity contribution in [3.63, 3.8) is 0 Å². The highest BCUT2D eigenvalue weighted by atomic mass is 16.6. The molecule has 0 bridgehead atoms. The summed E-state index contributed by atoms with van der Waals surface area (Å²) in [5.41, 5.74) is 0.370. The van der Waals surface area contributed by atoms with Crippen molar-refractivity contribution in [3.05, 3.63) is 65.7 Å². The molecule has 0 fully saturated rings. The maximum atomic E-state index is 13.7. The van der Waals surface area contributed by atoms with Gasteiger partial charge in [0.05, 0.1) is 0 Å². The first-order valence-electron chi connectivity index (χ1n) is 11.3. The third-order valence-electron chi connectivity index (χ3n) is 4.92. The first-order valence-corrected chi connectivity index (χ1v) is 11.3. The first kappa shape index (κ1) is 26.7. The lowest BCUT2D eigenvalue weighted by Gasteiger charge is -2.32. The Morgan fingerprint density at radius 3 is 2.12 bits per heavy atom.